The lowest BCUT2D eigenvalue weighted by Gasteiger charge is -2.18. The van der Waals surface area contributed by atoms with Gasteiger partial charge in [0, 0.05) is 19.0 Å². The summed E-state index contributed by atoms with van der Waals surface area (Å²) in [7, 11) is -3.16. The van der Waals surface area contributed by atoms with Crippen molar-refractivity contribution in [2.45, 2.75) is 19.3 Å². The monoisotopic (exact) mass is 301 g/mol. The summed E-state index contributed by atoms with van der Waals surface area (Å²) in [5.74, 6) is 0.859. The molecule has 19 heavy (non-hydrogen) atoms. The summed E-state index contributed by atoms with van der Waals surface area (Å²) in [4.78, 5) is 0. The van der Waals surface area contributed by atoms with E-state index in [0.29, 0.717) is 24.9 Å². The normalized spacial score (nSPS) is 22.5. The Bertz CT molecular complexity index is 503. The zero-order valence-electron chi connectivity index (χ0n) is 11.1. The zero-order chi connectivity index (χ0) is 13.9. The lowest BCUT2D eigenvalue weighted by Crippen LogP contribution is -2.33. The van der Waals surface area contributed by atoms with Gasteiger partial charge in [0.1, 0.15) is 0 Å². The molecule has 1 aliphatic rings. The van der Waals surface area contributed by atoms with E-state index in [9.17, 15) is 8.42 Å². The van der Waals surface area contributed by atoms with Gasteiger partial charge in [-0.25, -0.2) is 12.7 Å². The second kappa shape index (κ2) is 6.25. The minimum absolute atomic E-state index is 0.00226. The van der Waals surface area contributed by atoms with E-state index in [1.807, 2.05) is 25.1 Å². The van der Waals surface area contributed by atoms with Crippen LogP contribution in [-0.4, -0.2) is 37.4 Å². The molecule has 0 aromatic heterocycles. The predicted octanol–water partition coefficient (Wildman–Crippen LogP) is 2.68. The van der Waals surface area contributed by atoms with Crippen molar-refractivity contribution in [1.29, 1.82) is 0 Å². The van der Waals surface area contributed by atoms with Crippen molar-refractivity contribution in [2.24, 2.45) is 5.92 Å². The summed E-state index contributed by atoms with van der Waals surface area (Å²) in [5.41, 5.74) is 1.23. The Hall–Kier alpha value is -0.580. The van der Waals surface area contributed by atoms with Crippen molar-refractivity contribution in [3.05, 3.63) is 35.9 Å². The number of hydrogen-bond acceptors (Lipinski definition) is 2. The second-order valence-corrected chi connectivity index (χ2v) is 7.61. The van der Waals surface area contributed by atoms with E-state index in [1.54, 1.807) is 4.31 Å². The molecular formula is C14H20ClNO2S. The van der Waals surface area contributed by atoms with Gasteiger partial charge in [0.05, 0.1) is 5.75 Å². The van der Waals surface area contributed by atoms with E-state index < -0.39 is 10.0 Å². The molecule has 5 heteroatoms. The highest BCUT2D eigenvalue weighted by atomic mass is 35.5. The molecule has 3 nitrogen and oxygen atoms in total. The number of rotatable bonds is 5. The fourth-order valence-corrected chi connectivity index (χ4v) is 4.56. The van der Waals surface area contributed by atoms with Crippen LogP contribution in [-0.2, 0) is 10.0 Å². The molecule has 106 valence electrons. The summed E-state index contributed by atoms with van der Waals surface area (Å²) in [5, 5.41) is 0. The number of sulfonamides is 1. The van der Waals surface area contributed by atoms with Crippen LogP contribution in [0.4, 0.5) is 0 Å². The maximum Gasteiger partial charge on any atom is 0.214 e. The van der Waals surface area contributed by atoms with E-state index in [-0.39, 0.29) is 11.7 Å². The number of hydrogen-bond donors (Lipinski definition) is 0. The first kappa shape index (κ1) is 14.8. The molecule has 0 spiro atoms. The fourth-order valence-electron chi connectivity index (χ4n) is 2.49. The molecule has 1 fully saturated rings. The number of halogens is 1. The molecular weight excluding hydrogens is 282 g/mol. The van der Waals surface area contributed by atoms with Gasteiger partial charge in [0.2, 0.25) is 10.0 Å². The molecule has 0 saturated carbocycles. The van der Waals surface area contributed by atoms with Gasteiger partial charge in [-0.15, -0.1) is 11.6 Å². The molecule has 0 radical (unpaired) electrons. The highest BCUT2D eigenvalue weighted by molar-refractivity contribution is 7.89. The smallest absolute Gasteiger partial charge is 0.212 e. The van der Waals surface area contributed by atoms with Crippen LogP contribution >= 0.6 is 11.6 Å². The largest absolute Gasteiger partial charge is 0.214 e. The first-order valence-corrected chi connectivity index (χ1v) is 8.76. The highest BCUT2D eigenvalue weighted by Crippen LogP contribution is 2.29. The van der Waals surface area contributed by atoms with Crippen molar-refractivity contribution in [3.8, 4) is 0 Å². The van der Waals surface area contributed by atoms with Crippen LogP contribution in [0.15, 0.2) is 30.3 Å². The average molecular weight is 302 g/mol. The first-order chi connectivity index (χ1) is 9.03. The van der Waals surface area contributed by atoms with Gasteiger partial charge in [-0.05, 0) is 23.8 Å². The first-order valence-electron chi connectivity index (χ1n) is 6.61. The molecule has 2 unspecified atom stereocenters. The Kier molecular flexibility index (Phi) is 4.87. The Morgan fingerprint density at radius 1 is 1.37 bits per heavy atom. The molecule has 0 bridgehead atoms. The summed E-state index contributed by atoms with van der Waals surface area (Å²) in [6.45, 7) is 3.09. The number of nitrogens with zero attached hydrogens (tertiary/aromatic N) is 1. The minimum atomic E-state index is -3.16. The van der Waals surface area contributed by atoms with Gasteiger partial charge in [0.25, 0.3) is 0 Å². The second-order valence-electron chi connectivity index (χ2n) is 5.29. The van der Waals surface area contributed by atoms with Crippen molar-refractivity contribution in [3.63, 3.8) is 0 Å². The lowest BCUT2D eigenvalue weighted by molar-refractivity contribution is 0.466. The standard InChI is InChI=1S/C14H20ClNO2S/c1-12(9-15)11-19(17,18)16-8-7-14(10-16)13-5-3-2-4-6-13/h2-6,12,14H,7-11H2,1H3. The summed E-state index contributed by atoms with van der Waals surface area (Å²) in [6.07, 6.45) is 0.901. The highest BCUT2D eigenvalue weighted by Gasteiger charge is 2.32. The Balaban J connectivity index is 2.02. The molecule has 2 rings (SSSR count). The van der Waals surface area contributed by atoms with Gasteiger partial charge >= 0.3 is 0 Å². The molecule has 1 heterocycles. The number of benzene rings is 1. The number of alkyl halides is 1. The molecule has 0 amide bonds. The maximum atomic E-state index is 12.2. The zero-order valence-corrected chi connectivity index (χ0v) is 12.7. The van der Waals surface area contributed by atoms with Gasteiger partial charge in [-0.2, -0.15) is 0 Å². The Labute approximate surface area is 120 Å². The lowest BCUT2D eigenvalue weighted by atomic mass is 9.99. The molecule has 1 aromatic carbocycles. The predicted molar refractivity (Wildman–Crippen MR) is 79.0 cm³/mol. The van der Waals surface area contributed by atoms with Crippen LogP contribution in [0.2, 0.25) is 0 Å². The van der Waals surface area contributed by atoms with E-state index in [2.05, 4.69) is 12.1 Å². The van der Waals surface area contributed by atoms with E-state index in [0.717, 1.165) is 6.42 Å². The summed E-state index contributed by atoms with van der Waals surface area (Å²) >= 11 is 5.71. The molecule has 0 aliphatic carbocycles. The molecule has 1 aromatic rings. The molecule has 1 aliphatic heterocycles. The third-order valence-electron chi connectivity index (χ3n) is 3.57. The van der Waals surface area contributed by atoms with Crippen LogP contribution in [0, 0.1) is 5.92 Å². The van der Waals surface area contributed by atoms with Crippen LogP contribution in [0.25, 0.3) is 0 Å². The summed E-state index contributed by atoms with van der Waals surface area (Å²) < 4.78 is 26.1. The third-order valence-corrected chi connectivity index (χ3v) is 6.21. The van der Waals surface area contributed by atoms with Crippen molar-refractivity contribution in [2.75, 3.05) is 24.7 Å². The fraction of sp³-hybridized carbons (Fsp3) is 0.571. The van der Waals surface area contributed by atoms with Gasteiger partial charge in [0.15, 0.2) is 0 Å². The van der Waals surface area contributed by atoms with Gasteiger partial charge in [-0.3, -0.25) is 0 Å². The van der Waals surface area contributed by atoms with Crippen molar-refractivity contribution in [1.82, 2.24) is 4.31 Å². The van der Waals surface area contributed by atoms with Gasteiger partial charge in [-0.1, -0.05) is 37.3 Å². The maximum absolute atomic E-state index is 12.2. The third kappa shape index (κ3) is 3.71. The topological polar surface area (TPSA) is 37.4 Å². The molecule has 2 atom stereocenters. The van der Waals surface area contributed by atoms with Crippen molar-refractivity contribution < 1.29 is 8.42 Å². The van der Waals surface area contributed by atoms with E-state index >= 15 is 0 Å². The Morgan fingerprint density at radius 3 is 2.68 bits per heavy atom. The SMILES string of the molecule is CC(CCl)CS(=O)(=O)N1CCC(c2ccccc2)C1. The van der Waals surface area contributed by atoms with Crippen LogP contribution in [0.3, 0.4) is 0 Å². The van der Waals surface area contributed by atoms with E-state index in [4.69, 9.17) is 11.6 Å². The van der Waals surface area contributed by atoms with Gasteiger partial charge < -0.3 is 0 Å². The quantitative estimate of drug-likeness (QED) is 0.784. The Morgan fingerprint density at radius 2 is 2.05 bits per heavy atom. The van der Waals surface area contributed by atoms with Crippen LogP contribution < -0.4 is 0 Å². The van der Waals surface area contributed by atoms with Crippen LogP contribution in [0.1, 0.15) is 24.8 Å². The minimum Gasteiger partial charge on any atom is -0.212 e. The molecule has 0 N–H and O–H groups in total. The van der Waals surface area contributed by atoms with Crippen LogP contribution in [0.5, 0.6) is 0 Å². The average Bonchev–Trinajstić information content (AvgIpc) is 2.89. The molecule has 1 saturated heterocycles. The van der Waals surface area contributed by atoms with E-state index in [1.165, 1.54) is 5.56 Å². The summed E-state index contributed by atoms with van der Waals surface area (Å²) in [6, 6.07) is 10.1. The van der Waals surface area contributed by atoms with Crippen molar-refractivity contribution >= 4 is 21.6 Å².